The first-order valence-corrected chi connectivity index (χ1v) is 7.48. The van der Waals surface area contributed by atoms with Gasteiger partial charge in [-0.05, 0) is 6.07 Å². The number of alkyl halides is 3. The van der Waals surface area contributed by atoms with Crippen LogP contribution >= 0.6 is 46.1 Å². The first kappa shape index (κ1) is 13.8. The predicted molar refractivity (Wildman–Crippen MR) is 83.8 cm³/mol. The normalized spacial score (nSPS) is 11.9. The van der Waals surface area contributed by atoms with E-state index in [-0.39, 0.29) is 5.82 Å². The van der Waals surface area contributed by atoms with E-state index in [2.05, 4.69) is 15.3 Å². The number of fused-ring (bicyclic) bond motifs is 3. The van der Waals surface area contributed by atoms with Crippen molar-refractivity contribution in [1.82, 2.24) is 9.97 Å². The molecule has 0 aliphatic heterocycles. The van der Waals surface area contributed by atoms with Crippen LogP contribution in [-0.4, -0.2) is 19.7 Å². The van der Waals surface area contributed by atoms with Gasteiger partial charge in [-0.3, -0.25) is 4.79 Å². The van der Waals surface area contributed by atoms with Crippen LogP contribution in [-0.2, 0) is 4.79 Å². The van der Waals surface area contributed by atoms with Crippen LogP contribution in [0, 0.1) is 0 Å². The van der Waals surface area contributed by atoms with Crippen LogP contribution in [0.5, 0.6) is 0 Å². The number of rotatable bonds is 1. The van der Waals surface area contributed by atoms with Crippen LogP contribution in [0.2, 0.25) is 0 Å². The molecular formula is C12H6Cl3N3OS. The first-order chi connectivity index (χ1) is 9.47. The van der Waals surface area contributed by atoms with Crippen molar-refractivity contribution in [2.24, 2.45) is 0 Å². The number of hydrogen-bond donors (Lipinski definition) is 1. The molecule has 0 aliphatic carbocycles. The Morgan fingerprint density at radius 1 is 1.25 bits per heavy atom. The van der Waals surface area contributed by atoms with Crippen LogP contribution in [0.4, 0.5) is 5.82 Å². The van der Waals surface area contributed by atoms with Crippen molar-refractivity contribution in [3.05, 3.63) is 29.8 Å². The standard InChI is InChI=1S/C12H6Cl3N3OS/c13-12(14,15)11(19)18-10-8-9(20-5-16-8)6-3-1-2-4-7(6)17-10/h1-5H,(H,17,18,19). The average molecular weight is 347 g/mol. The molecule has 0 spiro atoms. The minimum Gasteiger partial charge on any atom is -0.305 e. The number of thiazole rings is 1. The number of halogens is 3. The Hall–Kier alpha value is -1.14. The van der Waals surface area contributed by atoms with E-state index in [1.54, 1.807) is 5.51 Å². The second-order valence-electron chi connectivity index (χ2n) is 3.96. The van der Waals surface area contributed by atoms with E-state index < -0.39 is 9.70 Å². The van der Waals surface area contributed by atoms with Crippen molar-refractivity contribution < 1.29 is 4.79 Å². The largest absolute Gasteiger partial charge is 0.305 e. The fraction of sp³-hybridized carbons (Fsp3) is 0.0833. The molecule has 0 bridgehead atoms. The molecule has 20 heavy (non-hydrogen) atoms. The number of benzene rings is 1. The molecule has 4 nitrogen and oxygen atoms in total. The highest BCUT2D eigenvalue weighted by Gasteiger charge is 2.31. The van der Waals surface area contributed by atoms with Gasteiger partial charge < -0.3 is 5.32 Å². The Labute approximate surface area is 132 Å². The highest BCUT2D eigenvalue weighted by atomic mass is 35.6. The van der Waals surface area contributed by atoms with Crippen LogP contribution in [0.3, 0.4) is 0 Å². The molecule has 3 rings (SSSR count). The van der Waals surface area contributed by atoms with Crippen molar-refractivity contribution in [3.63, 3.8) is 0 Å². The molecule has 8 heteroatoms. The third kappa shape index (κ3) is 2.42. The van der Waals surface area contributed by atoms with Crippen LogP contribution in [0.15, 0.2) is 29.8 Å². The number of para-hydroxylation sites is 1. The topological polar surface area (TPSA) is 54.9 Å². The molecule has 1 N–H and O–H groups in total. The van der Waals surface area contributed by atoms with Gasteiger partial charge in [0.05, 0.1) is 15.7 Å². The summed E-state index contributed by atoms with van der Waals surface area (Å²) >= 11 is 18.1. The summed E-state index contributed by atoms with van der Waals surface area (Å²) in [6, 6.07) is 7.58. The summed E-state index contributed by atoms with van der Waals surface area (Å²) in [7, 11) is 0. The number of nitrogens with zero attached hydrogens (tertiary/aromatic N) is 2. The van der Waals surface area contributed by atoms with E-state index in [9.17, 15) is 4.79 Å². The van der Waals surface area contributed by atoms with E-state index in [1.165, 1.54) is 11.3 Å². The Bertz CT molecular complexity index is 812. The smallest absolute Gasteiger partial charge is 0.277 e. The summed E-state index contributed by atoms with van der Waals surface area (Å²) in [5, 5.41) is 3.47. The predicted octanol–water partition coefficient (Wildman–Crippen LogP) is 4.15. The Kier molecular flexibility index (Phi) is 3.46. The van der Waals surface area contributed by atoms with Gasteiger partial charge in [0.2, 0.25) is 0 Å². The van der Waals surface area contributed by atoms with Gasteiger partial charge in [0.25, 0.3) is 9.70 Å². The summed E-state index contributed by atoms with van der Waals surface area (Å²) in [6.07, 6.45) is 0. The summed E-state index contributed by atoms with van der Waals surface area (Å²) in [5.74, 6) is -0.476. The quantitative estimate of drug-likeness (QED) is 0.673. The molecule has 0 aliphatic rings. The second kappa shape index (κ2) is 5.00. The third-order valence-corrected chi connectivity index (χ3v) is 4.04. The molecule has 3 aromatic rings. The van der Waals surface area contributed by atoms with Gasteiger partial charge in [-0.2, -0.15) is 0 Å². The second-order valence-corrected chi connectivity index (χ2v) is 7.10. The molecule has 0 atom stereocenters. The molecule has 0 radical (unpaired) electrons. The minimum atomic E-state index is -2.05. The highest BCUT2D eigenvalue weighted by Crippen LogP contribution is 2.33. The summed E-state index contributed by atoms with van der Waals surface area (Å²) in [4.78, 5) is 20.3. The zero-order valence-corrected chi connectivity index (χ0v) is 12.8. The van der Waals surface area contributed by atoms with Crippen molar-refractivity contribution in [1.29, 1.82) is 0 Å². The van der Waals surface area contributed by atoms with Gasteiger partial charge in [0.1, 0.15) is 5.52 Å². The molecule has 1 aromatic carbocycles. The average Bonchev–Trinajstić information content (AvgIpc) is 2.87. The summed E-state index contributed by atoms with van der Waals surface area (Å²) in [5.41, 5.74) is 3.00. The van der Waals surface area contributed by atoms with Gasteiger partial charge in [-0.25, -0.2) is 9.97 Å². The number of aromatic nitrogens is 2. The lowest BCUT2D eigenvalue weighted by atomic mass is 10.2. The van der Waals surface area contributed by atoms with E-state index in [0.717, 1.165) is 15.6 Å². The molecule has 1 amide bonds. The zero-order valence-electron chi connectivity index (χ0n) is 9.73. The van der Waals surface area contributed by atoms with Crippen molar-refractivity contribution in [3.8, 4) is 0 Å². The molecule has 0 saturated carbocycles. The third-order valence-electron chi connectivity index (χ3n) is 2.66. The first-order valence-electron chi connectivity index (χ1n) is 5.47. The molecule has 102 valence electrons. The van der Waals surface area contributed by atoms with E-state index >= 15 is 0 Å². The number of carbonyl (C=O) groups excluding carboxylic acids is 1. The van der Waals surface area contributed by atoms with E-state index in [1.807, 2.05) is 24.3 Å². The highest BCUT2D eigenvalue weighted by molar-refractivity contribution is 7.17. The number of anilines is 1. The fourth-order valence-corrected chi connectivity index (χ4v) is 2.77. The fourth-order valence-electron chi connectivity index (χ4n) is 1.81. The Morgan fingerprint density at radius 3 is 2.75 bits per heavy atom. The lowest BCUT2D eigenvalue weighted by Gasteiger charge is -2.11. The number of amides is 1. The Morgan fingerprint density at radius 2 is 2.00 bits per heavy atom. The van der Waals surface area contributed by atoms with Crippen LogP contribution in [0.25, 0.3) is 21.1 Å². The van der Waals surface area contributed by atoms with Gasteiger partial charge in [0, 0.05) is 5.39 Å². The molecule has 0 saturated heterocycles. The zero-order chi connectivity index (χ0) is 14.3. The molecular weight excluding hydrogens is 341 g/mol. The summed E-state index contributed by atoms with van der Waals surface area (Å²) in [6.45, 7) is 0. The van der Waals surface area contributed by atoms with Crippen molar-refractivity contribution >= 4 is 79.0 Å². The maximum atomic E-state index is 11.8. The monoisotopic (exact) mass is 345 g/mol. The number of pyridine rings is 1. The van der Waals surface area contributed by atoms with Gasteiger partial charge >= 0.3 is 0 Å². The molecule has 2 aromatic heterocycles. The van der Waals surface area contributed by atoms with Gasteiger partial charge in [-0.1, -0.05) is 53.0 Å². The maximum absolute atomic E-state index is 11.8. The Balaban J connectivity index is 2.19. The van der Waals surface area contributed by atoms with Crippen LogP contribution < -0.4 is 5.32 Å². The maximum Gasteiger partial charge on any atom is 0.277 e. The SMILES string of the molecule is O=C(Nc1nc2ccccc2c2scnc12)C(Cl)(Cl)Cl. The summed E-state index contributed by atoms with van der Waals surface area (Å²) < 4.78 is -1.12. The molecule has 0 unspecified atom stereocenters. The number of nitrogens with one attached hydrogen (secondary N) is 1. The van der Waals surface area contributed by atoms with Crippen molar-refractivity contribution in [2.45, 2.75) is 3.79 Å². The number of hydrogen-bond acceptors (Lipinski definition) is 4. The lowest BCUT2D eigenvalue weighted by molar-refractivity contribution is -0.115. The lowest BCUT2D eigenvalue weighted by Crippen LogP contribution is -2.27. The van der Waals surface area contributed by atoms with E-state index in [4.69, 9.17) is 34.8 Å². The molecule has 2 heterocycles. The van der Waals surface area contributed by atoms with Gasteiger partial charge in [-0.15, -0.1) is 11.3 Å². The minimum absolute atomic E-state index is 0.288. The number of carbonyl (C=O) groups is 1. The van der Waals surface area contributed by atoms with E-state index in [0.29, 0.717) is 5.52 Å². The van der Waals surface area contributed by atoms with Crippen LogP contribution in [0.1, 0.15) is 0 Å². The van der Waals surface area contributed by atoms with Gasteiger partial charge in [0.15, 0.2) is 5.82 Å². The molecule has 0 fully saturated rings. The van der Waals surface area contributed by atoms with Crippen molar-refractivity contribution in [2.75, 3.05) is 5.32 Å².